The number of anilines is 1. The highest BCUT2D eigenvalue weighted by molar-refractivity contribution is 6.11. The molecule has 2 aromatic rings. The molecule has 1 heterocycles. The highest BCUT2D eigenvalue weighted by Crippen LogP contribution is 2.16. The number of nitrogens with zero attached hydrogens (tertiary/aromatic N) is 1. The van der Waals surface area contributed by atoms with Gasteiger partial charge in [0.15, 0.2) is 5.78 Å². The molecule has 0 radical (unpaired) electrons. The second-order valence-corrected chi connectivity index (χ2v) is 3.73. The normalized spacial score (nSPS) is 10.2. The molecule has 0 aliphatic carbocycles. The van der Waals surface area contributed by atoms with Crippen LogP contribution in [0.1, 0.15) is 21.5 Å². The molecular weight excluding hydrogens is 219 g/mol. The van der Waals surface area contributed by atoms with Crippen molar-refractivity contribution in [2.75, 3.05) is 5.73 Å². The fraction of sp³-hybridized carbons (Fsp3) is 0.0769. The molecule has 3 nitrogen and oxygen atoms in total. The van der Waals surface area contributed by atoms with Crippen molar-refractivity contribution >= 4 is 11.6 Å². The fourth-order valence-electron chi connectivity index (χ4n) is 1.55. The average Bonchev–Trinajstić information content (AvgIpc) is 2.32. The van der Waals surface area contributed by atoms with Crippen LogP contribution in [-0.2, 0) is 0 Å². The van der Waals surface area contributed by atoms with Gasteiger partial charge in [0.2, 0.25) is 0 Å². The third kappa shape index (κ3) is 2.15. The van der Waals surface area contributed by atoms with Crippen molar-refractivity contribution in [1.82, 2.24) is 4.98 Å². The van der Waals surface area contributed by atoms with Crippen molar-refractivity contribution < 1.29 is 9.18 Å². The topological polar surface area (TPSA) is 56.0 Å². The van der Waals surface area contributed by atoms with Gasteiger partial charge in [0, 0.05) is 11.8 Å². The van der Waals surface area contributed by atoms with Crippen LogP contribution in [0.15, 0.2) is 36.5 Å². The Balaban J connectivity index is 2.44. The molecule has 0 bridgehead atoms. The summed E-state index contributed by atoms with van der Waals surface area (Å²) in [6.45, 7) is 1.61. The van der Waals surface area contributed by atoms with Gasteiger partial charge < -0.3 is 5.73 Å². The lowest BCUT2D eigenvalue weighted by Gasteiger charge is -2.05. The Morgan fingerprint density at radius 1 is 1.35 bits per heavy atom. The minimum atomic E-state index is -0.333. The van der Waals surface area contributed by atoms with Crippen molar-refractivity contribution in [2.24, 2.45) is 0 Å². The molecule has 0 spiro atoms. The van der Waals surface area contributed by atoms with Crippen molar-refractivity contribution in [3.05, 3.63) is 59.0 Å². The van der Waals surface area contributed by atoms with Gasteiger partial charge >= 0.3 is 0 Å². The van der Waals surface area contributed by atoms with Gasteiger partial charge in [0.25, 0.3) is 0 Å². The van der Waals surface area contributed by atoms with E-state index in [1.165, 1.54) is 24.4 Å². The van der Waals surface area contributed by atoms with Crippen LogP contribution < -0.4 is 5.73 Å². The maximum Gasteiger partial charge on any atom is 0.196 e. The first-order chi connectivity index (χ1) is 8.09. The second kappa shape index (κ2) is 4.33. The lowest BCUT2D eigenvalue weighted by molar-refractivity contribution is 0.103. The van der Waals surface area contributed by atoms with Crippen molar-refractivity contribution in [2.45, 2.75) is 6.92 Å². The number of hydrogen-bond acceptors (Lipinski definition) is 3. The molecule has 0 unspecified atom stereocenters. The molecule has 4 heteroatoms. The van der Waals surface area contributed by atoms with Gasteiger partial charge in [-0.1, -0.05) is 0 Å². The van der Waals surface area contributed by atoms with Crippen LogP contribution in [0.2, 0.25) is 0 Å². The summed E-state index contributed by atoms with van der Waals surface area (Å²) in [5, 5.41) is 0. The summed E-state index contributed by atoms with van der Waals surface area (Å²) in [4.78, 5) is 15.9. The summed E-state index contributed by atoms with van der Waals surface area (Å²) in [6.07, 6.45) is 1.52. The molecule has 0 saturated carbocycles. The summed E-state index contributed by atoms with van der Waals surface area (Å²) < 4.78 is 13.1. The third-order valence-electron chi connectivity index (χ3n) is 2.50. The molecule has 0 amide bonds. The van der Waals surface area contributed by atoms with E-state index in [9.17, 15) is 9.18 Å². The molecule has 0 aliphatic heterocycles. The van der Waals surface area contributed by atoms with E-state index in [1.807, 2.05) is 0 Å². The number of carbonyl (C=O) groups excluding carboxylic acids is 1. The van der Waals surface area contributed by atoms with Crippen LogP contribution in [0, 0.1) is 12.7 Å². The number of rotatable bonds is 2. The number of nitrogen functional groups attached to an aromatic ring is 1. The van der Waals surface area contributed by atoms with Gasteiger partial charge in [-0.15, -0.1) is 0 Å². The number of nitrogens with two attached hydrogens (primary N) is 1. The van der Waals surface area contributed by atoms with Gasteiger partial charge in [0.05, 0.1) is 5.56 Å². The summed E-state index contributed by atoms with van der Waals surface area (Å²) in [7, 11) is 0. The predicted octanol–water partition coefficient (Wildman–Crippen LogP) is 2.34. The van der Waals surface area contributed by atoms with E-state index >= 15 is 0 Å². The van der Waals surface area contributed by atoms with Gasteiger partial charge in [-0.25, -0.2) is 9.37 Å². The van der Waals surface area contributed by atoms with E-state index in [1.54, 1.807) is 19.1 Å². The maximum absolute atomic E-state index is 13.1. The van der Waals surface area contributed by atoms with Gasteiger partial charge in [0.1, 0.15) is 11.6 Å². The summed E-state index contributed by atoms with van der Waals surface area (Å²) >= 11 is 0. The van der Waals surface area contributed by atoms with Crippen molar-refractivity contribution in [1.29, 1.82) is 0 Å². The zero-order valence-corrected chi connectivity index (χ0v) is 9.27. The lowest BCUT2D eigenvalue weighted by atomic mass is 10.0. The van der Waals surface area contributed by atoms with Crippen molar-refractivity contribution in [3.63, 3.8) is 0 Å². The highest BCUT2D eigenvalue weighted by atomic mass is 19.1. The number of aromatic nitrogens is 1. The maximum atomic E-state index is 13.1. The number of ketones is 1. The van der Waals surface area contributed by atoms with Crippen molar-refractivity contribution in [3.8, 4) is 0 Å². The van der Waals surface area contributed by atoms with Crippen LogP contribution in [0.3, 0.4) is 0 Å². The molecule has 1 aromatic heterocycles. The molecule has 0 aliphatic rings. The van der Waals surface area contributed by atoms with Crippen LogP contribution in [-0.4, -0.2) is 10.8 Å². The van der Waals surface area contributed by atoms with Gasteiger partial charge in [-0.05, 0) is 42.8 Å². The van der Waals surface area contributed by atoms with Gasteiger partial charge in [-0.3, -0.25) is 4.79 Å². The van der Waals surface area contributed by atoms with Gasteiger partial charge in [-0.2, -0.15) is 0 Å². The monoisotopic (exact) mass is 230 g/mol. The molecule has 17 heavy (non-hydrogen) atoms. The molecular formula is C13H11FN2O. The van der Waals surface area contributed by atoms with E-state index in [0.717, 1.165) is 0 Å². The van der Waals surface area contributed by atoms with Crippen LogP contribution in [0.25, 0.3) is 0 Å². The first kappa shape index (κ1) is 11.3. The van der Waals surface area contributed by atoms with E-state index < -0.39 is 0 Å². The minimum Gasteiger partial charge on any atom is -0.383 e. The Labute approximate surface area is 98.1 Å². The Morgan fingerprint density at radius 2 is 2.12 bits per heavy atom. The van der Waals surface area contributed by atoms with Crippen LogP contribution in [0.5, 0.6) is 0 Å². The molecule has 0 atom stereocenters. The number of hydrogen-bond donors (Lipinski definition) is 1. The van der Waals surface area contributed by atoms with E-state index in [2.05, 4.69) is 4.98 Å². The van der Waals surface area contributed by atoms with E-state index in [4.69, 9.17) is 5.73 Å². The smallest absolute Gasteiger partial charge is 0.196 e. The zero-order chi connectivity index (χ0) is 12.4. The summed E-state index contributed by atoms with van der Waals surface area (Å²) in [5.74, 6) is -0.404. The minimum absolute atomic E-state index is 0.180. The molecule has 2 rings (SSSR count). The Hall–Kier alpha value is -2.23. The zero-order valence-electron chi connectivity index (χ0n) is 9.27. The Morgan fingerprint density at radius 3 is 2.76 bits per heavy atom. The standard InChI is InChI=1S/C13H11FN2O/c1-8-7-9(4-5-11(8)14)12(17)10-3-2-6-16-13(10)15/h2-7H,1H3,(H2,15,16). The molecule has 0 saturated heterocycles. The SMILES string of the molecule is Cc1cc(C(=O)c2cccnc2N)ccc1F. The number of benzene rings is 1. The molecule has 0 fully saturated rings. The average molecular weight is 230 g/mol. The predicted molar refractivity (Wildman–Crippen MR) is 63.2 cm³/mol. The number of halogens is 1. The lowest BCUT2D eigenvalue weighted by Crippen LogP contribution is -2.07. The number of pyridine rings is 1. The first-order valence-electron chi connectivity index (χ1n) is 5.11. The molecule has 1 aromatic carbocycles. The van der Waals surface area contributed by atoms with Crippen LogP contribution in [0.4, 0.5) is 10.2 Å². The quantitative estimate of drug-likeness (QED) is 0.805. The highest BCUT2D eigenvalue weighted by Gasteiger charge is 2.13. The molecule has 86 valence electrons. The third-order valence-corrected chi connectivity index (χ3v) is 2.50. The van der Waals surface area contributed by atoms with E-state index in [0.29, 0.717) is 16.7 Å². The number of carbonyl (C=O) groups is 1. The van der Waals surface area contributed by atoms with E-state index in [-0.39, 0.29) is 17.4 Å². The molecule has 2 N–H and O–H groups in total. The van der Waals surface area contributed by atoms with Crippen LogP contribution >= 0.6 is 0 Å². The second-order valence-electron chi connectivity index (χ2n) is 3.73. The number of aryl methyl sites for hydroxylation is 1. The first-order valence-corrected chi connectivity index (χ1v) is 5.11. The Kier molecular flexibility index (Phi) is 2.87. The summed E-state index contributed by atoms with van der Waals surface area (Å²) in [5.41, 5.74) is 6.79. The largest absolute Gasteiger partial charge is 0.383 e. The summed E-state index contributed by atoms with van der Waals surface area (Å²) in [6, 6.07) is 7.46. The fourth-order valence-corrected chi connectivity index (χ4v) is 1.55. The Bertz CT molecular complexity index is 581.